The van der Waals surface area contributed by atoms with E-state index in [0.717, 1.165) is 78.1 Å². The lowest BCUT2D eigenvalue weighted by Gasteiger charge is -2.55. The second-order valence-electron chi connectivity index (χ2n) is 18.3. The van der Waals surface area contributed by atoms with Gasteiger partial charge >= 0.3 is 5.97 Å². The molecule has 3 aromatic carbocycles. The minimum absolute atomic E-state index is 0.0222. The van der Waals surface area contributed by atoms with Gasteiger partial charge in [-0.05, 0) is 139 Å². The Balaban J connectivity index is 0.811. The summed E-state index contributed by atoms with van der Waals surface area (Å²) in [4.78, 5) is 13.0. The third kappa shape index (κ3) is 10.3. The van der Waals surface area contributed by atoms with Gasteiger partial charge in [0.25, 0.3) is 0 Å². The van der Waals surface area contributed by atoms with Gasteiger partial charge < -0.3 is 24.3 Å². The normalized spacial score (nSPS) is 22.2. The van der Waals surface area contributed by atoms with E-state index in [9.17, 15) is 4.79 Å². The van der Waals surface area contributed by atoms with Crippen LogP contribution < -0.4 is 10.1 Å². The summed E-state index contributed by atoms with van der Waals surface area (Å²) in [5.41, 5.74) is 11.3. The Labute approximate surface area is 348 Å². The standard InChI is InChI=1S/C52H66NO5/c1-35(2)45-29-48(36(3)4)50(49(30-45)37(5)6)34-53-46-16-12-43(13-17-46)41-8-7-9-42(11-10-41)44-14-18-47(19-15-44)57-24-22-55-20-21-56-23-25-58-51(54)52-31-38-26-39(32-52)28-40(27-38)33-52/h7-8,10,12-19,29-30,35-40,53H,9,20-28,31-34H2,1-6H3/q+1. The number of carbonyl (C=O) groups is 1. The van der Waals surface area contributed by atoms with Crippen LogP contribution in [-0.4, -0.2) is 45.6 Å². The van der Waals surface area contributed by atoms with Crippen molar-refractivity contribution in [3.63, 3.8) is 0 Å². The maximum absolute atomic E-state index is 13.0. The lowest BCUT2D eigenvalue weighted by molar-refractivity contribution is -0.173. The van der Waals surface area contributed by atoms with Crippen molar-refractivity contribution in [3.05, 3.63) is 118 Å². The number of rotatable bonds is 19. The summed E-state index contributed by atoms with van der Waals surface area (Å²) >= 11 is 0. The first-order valence-electron chi connectivity index (χ1n) is 22.1. The lowest BCUT2D eigenvalue weighted by atomic mass is 9.49. The summed E-state index contributed by atoms with van der Waals surface area (Å²) < 4.78 is 23.0. The minimum atomic E-state index is -0.201. The molecule has 1 N–H and O–H groups in total. The Morgan fingerprint density at radius 3 is 1.88 bits per heavy atom. The molecule has 4 saturated carbocycles. The van der Waals surface area contributed by atoms with Crippen LogP contribution in [0.25, 0.3) is 11.1 Å². The van der Waals surface area contributed by atoms with Crippen molar-refractivity contribution < 1.29 is 23.7 Å². The number of allylic oxidation sites excluding steroid dienone is 6. The number of hydrogen-bond acceptors (Lipinski definition) is 6. The van der Waals surface area contributed by atoms with Gasteiger partial charge in [-0.2, -0.15) is 0 Å². The zero-order chi connectivity index (χ0) is 40.6. The predicted octanol–water partition coefficient (Wildman–Crippen LogP) is 12.1. The van der Waals surface area contributed by atoms with Crippen LogP contribution in [0.1, 0.15) is 138 Å². The lowest BCUT2D eigenvalue weighted by Crippen LogP contribution is -2.50. The second-order valence-corrected chi connectivity index (χ2v) is 18.3. The Morgan fingerprint density at radius 2 is 1.29 bits per heavy atom. The van der Waals surface area contributed by atoms with Crippen LogP contribution in [0, 0.1) is 29.2 Å². The van der Waals surface area contributed by atoms with Gasteiger partial charge in [0.2, 0.25) is 0 Å². The smallest absolute Gasteiger partial charge is 0.312 e. The molecule has 0 aromatic heterocycles. The molecule has 6 heteroatoms. The van der Waals surface area contributed by atoms with E-state index in [0.29, 0.717) is 57.4 Å². The zero-order valence-electron chi connectivity index (χ0n) is 35.9. The number of anilines is 1. The number of carbonyl (C=O) groups excluding carboxylic acids is 1. The molecule has 0 atom stereocenters. The predicted molar refractivity (Wildman–Crippen MR) is 236 cm³/mol. The fourth-order valence-electron chi connectivity index (χ4n) is 10.2. The summed E-state index contributed by atoms with van der Waals surface area (Å²) in [6.07, 6.45) is 18.0. The molecule has 0 radical (unpaired) electrons. The molecule has 0 spiro atoms. The van der Waals surface area contributed by atoms with Crippen LogP contribution in [0.15, 0.2) is 78.9 Å². The number of benzene rings is 3. The molecule has 0 amide bonds. The molecule has 3 aromatic rings. The maximum Gasteiger partial charge on any atom is 0.312 e. The number of ether oxygens (including phenoxy) is 4. The van der Waals surface area contributed by atoms with E-state index in [1.807, 2.05) is 12.1 Å². The topological polar surface area (TPSA) is 66.0 Å². The molecule has 4 bridgehead atoms. The van der Waals surface area contributed by atoms with Gasteiger partial charge in [0.05, 0.1) is 43.0 Å². The summed E-state index contributed by atoms with van der Waals surface area (Å²) in [7, 11) is 0. The Hall–Kier alpha value is -4.22. The maximum atomic E-state index is 13.0. The molecule has 5 aliphatic rings. The van der Waals surface area contributed by atoms with E-state index in [2.05, 4.69) is 120 Å². The van der Waals surface area contributed by atoms with E-state index in [-0.39, 0.29) is 11.4 Å². The summed E-state index contributed by atoms with van der Waals surface area (Å²) in [6, 6.07) is 21.8. The first kappa shape index (κ1) is 41.9. The molecular formula is C52H66NO5+. The van der Waals surface area contributed by atoms with Gasteiger partial charge in [0.1, 0.15) is 30.6 Å². The van der Waals surface area contributed by atoms with Crippen molar-refractivity contribution in [2.24, 2.45) is 23.2 Å². The van der Waals surface area contributed by atoms with Gasteiger partial charge in [-0.15, -0.1) is 0 Å². The zero-order valence-corrected chi connectivity index (χ0v) is 35.9. The molecule has 0 aliphatic heterocycles. The van der Waals surface area contributed by atoms with Crippen molar-refractivity contribution in [3.8, 4) is 5.75 Å². The molecule has 0 unspecified atom stereocenters. The van der Waals surface area contributed by atoms with E-state index in [1.54, 1.807) is 0 Å². The molecule has 4 fully saturated rings. The third-order valence-corrected chi connectivity index (χ3v) is 13.0. The van der Waals surface area contributed by atoms with E-state index < -0.39 is 0 Å². The number of esters is 1. The highest BCUT2D eigenvalue weighted by molar-refractivity contribution is 5.80. The molecule has 0 heterocycles. The molecule has 6 nitrogen and oxygen atoms in total. The number of hydrogen-bond donors (Lipinski definition) is 1. The average molecular weight is 785 g/mol. The highest BCUT2D eigenvalue weighted by atomic mass is 16.6. The first-order valence-corrected chi connectivity index (χ1v) is 22.1. The Morgan fingerprint density at radius 1 is 0.724 bits per heavy atom. The van der Waals surface area contributed by atoms with Gasteiger partial charge in [-0.3, -0.25) is 4.79 Å². The fraction of sp³-hybridized carbons (Fsp3) is 0.519. The van der Waals surface area contributed by atoms with Crippen LogP contribution in [0.4, 0.5) is 5.69 Å². The van der Waals surface area contributed by atoms with Crippen molar-refractivity contribution >= 4 is 22.8 Å². The Bertz CT molecular complexity index is 1870. The van der Waals surface area contributed by atoms with Gasteiger partial charge in [-0.1, -0.05) is 59.8 Å². The van der Waals surface area contributed by atoms with Crippen molar-refractivity contribution in [2.45, 2.75) is 111 Å². The van der Waals surface area contributed by atoms with Crippen molar-refractivity contribution in [1.29, 1.82) is 0 Å². The summed E-state index contributed by atoms with van der Waals surface area (Å²) in [6.45, 7) is 17.2. The van der Waals surface area contributed by atoms with Crippen molar-refractivity contribution in [1.82, 2.24) is 0 Å². The quantitative estimate of drug-likeness (QED) is 0.0742. The van der Waals surface area contributed by atoms with Gasteiger partial charge in [0, 0.05) is 42.4 Å². The van der Waals surface area contributed by atoms with Crippen LogP contribution >= 0.6 is 0 Å². The fourth-order valence-corrected chi connectivity index (χ4v) is 10.2. The molecule has 58 heavy (non-hydrogen) atoms. The summed E-state index contributed by atoms with van der Waals surface area (Å²) in [5.74, 6) is 4.51. The van der Waals surface area contributed by atoms with Gasteiger partial charge in [0.15, 0.2) is 0 Å². The Kier molecular flexibility index (Phi) is 13.9. The third-order valence-electron chi connectivity index (χ3n) is 13.0. The first-order chi connectivity index (χ1) is 28.1. The second kappa shape index (κ2) is 19.2. The minimum Gasteiger partial charge on any atom is -0.491 e. The largest absolute Gasteiger partial charge is 0.491 e. The van der Waals surface area contributed by atoms with Gasteiger partial charge in [-0.25, -0.2) is 0 Å². The monoisotopic (exact) mass is 784 g/mol. The molecule has 8 rings (SSSR count). The number of nitrogens with one attached hydrogen (secondary N) is 1. The highest BCUT2D eigenvalue weighted by Gasteiger charge is 2.55. The van der Waals surface area contributed by atoms with Crippen LogP contribution in [0.2, 0.25) is 0 Å². The highest BCUT2D eigenvalue weighted by Crippen LogP contribution is 2.60. The summed E-state index contributed by atoms with van der Waals surface area (Å²) in [5, 5.41) is 3.73. The van der Waals surface area contributed by atoms with Crippen LogP contribution in [-0.2, 0) is 25.5 Å². The van der Waals surface area contributed by atoms with E-state index >= 15 is 0 Å². The molecular weight excluding hydrogens is 719 g/mol. The van der Waals surface area contributed by atoms with Crippen LogP contribution in [0.5, 0.6) is 5.75 Å². The van der Waals surface area contributed by atoms with E-state index in [1.165, 1.54) is 47.1 Å². The van der Waals surface area contributed by atoms with Crippen molar-refractivity contribution in [2.75, 3.05) is 45.0 Å². The SMILES string of the molecule is CC(C)c1cc(C(C)C)c(CNc2ccc(C3=C[C+]=C(c4ccc(OCCOCCOCCOC(=O)C56CC7CC(CC(C7)C5)C6)cc4)CC=C3)cc2)c(C(C)C)c1. The molecule has 0 saturated heterocycles. The van der Waals surface area contributed by atoms with Crippen LogP contribution in [0.3, 0.4) is 0 Å². The molecule has 5 aliphatic carbocycles. The average Bonchev–Trinajstić information content (AvgIpc) is 3.47. The van der Waals surface area contributed by atoms with E-state index in [4.69, 9.17) is 18.9 Å². The molecule has 308 valence electrons.